The fourth-order valence-electron chi connectivity index (χ4n) is 7.41. The third-order valence-electron chi connectivity index (χ3n) is 10.3. The molecule has 49 heavy (non-hydrogen) atoms. The maximum atomic E-state index is 13.7. The Bertz CT molecular complexity index is 1660. The number of rotatable bonds is 13. The Balaban J connectivity index is 1.08. The van der Waals surface area contributed by atoms with Gasteiger partial charge in [0.25, 0.3) is 5.91 Å². The third kappa shape index (κ3) is 10.3. The molecule has 2 saturated heterocycles. The molecule has 2 aliphatic rings. The summed E-state index contributed by atoms with van der Waals surface area (Å²) in [6, 6.07) is 28.4. The second-order valence-corrected chi connectivity index (χ2v) is 14.8. The molecule has 2 fully saturated rings. The second-order valence-electron chi connectivity index (χ2n) is 13.9. The topological polar surface area (TPSA) is 65.5 Å². The van der Waals surface area contributed by atoms with Crippen LogP contribution in [0.15, 0.2) is 102 Å². The monoisotopic (exact) mass is 720 g/mol. The van der Waals surface area contributed by atoms with Gasteiger partial charge in [0.15, 0.2) is 0 Å². The lowest BCUT2D eigenvalue weighted by Crippen LogP contribution is -2.38. The number of halogens is 1. The molecule has 0 spiro atoms. The van der Waals surface area contributed by atoms with Crippen molar-refractivity contribution in [1.82, 2.24) is 20.1 Å². The maximum Gasteiger partial charge on any atom is 0.253 e. The van der Waals surface area contributed by atoms with Gasteiger partial charge >= 0.3 is 0 Å². The molecule has 4 aromatic rings. The maximum absolute atomic E-state index is 13.7. The van der Waals surface area contributed by atoms with Crippen LogP contribution in [-0.2, 0) is 24.2 Å². The van der Waals surface area contributed by atoms with Crippen molar-refractivity contribution >= 4 is 27.7 Å². The third-order valence-corrected chi connectivity index (χ3v) is 10.8. The summed E-state index contributed by atoms with van der Waals surface area (Å²) in [5.74, 6) is 1.87. The fraction of sp³-hybridized carbons (Fsp3) is 0.405. The number of pyridine rings is 1. The van der Waals surface area contributed by atoms with Gasteiger partial charge in [-0.15, -0.1) is 0 Å². The summed E-state index contributed by atoms with van der Waals surface area (Å²) >= 11 is 3.54. The number of nitrogens with one attached hydrogen (secondary N) is 1. The van der Waals surface area contributed by atoms with Gasteiger partial charge in [0, 0.05) is 48.6 Å². The minimum atomic E-state index is 0.0932. The normalized spacial score (nSPS) is 15.7. The Kier molecular flexibility index (Phi) is 12.7. The number of aromatic nitrogens is 1. The minimum Gasteiger partial charge on any atom is -0.339 e. The van der Waals surface area contributed by atoms with E-state index in [1.165, 1.54) is 45.2 Å². The number of carbonyl (C=O) groups is 2. The van der Waals surface area contributed by atoms with Crippen LogP contribution in [0.3, 0.4) is 0 Å². The SMILES string of the molecule is O=C(Cc1cccc(Br)c1)N(CCc1ccncc1)Cc1cccc(-c2cccc(C(=O)N3CCC(CCCC4CCNCC4)CC3)c2)c1. The average Bonchev–Trinajstić information content (AvgIpc) is 3.14. The molecular formula is C42H49BrN4O2. The van der Waals surface area contributed by atoms with Crippen LogP contribution in [0.5, 0.6) is 0 Å². The highest BCUT2D eigenvalue weighted by atomic mass is 79.9. The second kappa shape index (κ2) is 17.7. The van der Waals surface area contributed by atoms with Crippen LogP contribution in [0.1, 0.15) is 72.0 Å². The van der Waals surface area contributed by atoms with Crippen molar-refractivity contribution in [2.45, 2.75) is 64.3 Å². The lowest BCUT2D eigenvalue weighted by Gasteiger charge is -2.32. The van der Waals surface area contributed by atoms with E-state index in [1.807, 2.05) is 59.5 Å². The van der Waals surface area contributed by atoms with Crippen molar-refractivity contribution in [1.29, 1.82) is 0 Å². The van der Waals surface area contributed by atoms with Gasteiger partial charge in [0.2, 0.25) is 5.91 Å². The van der Waals surface area contributed by atoms with Crippen LogP contribution in [-0.4, -0.2) is 59.3 Å². The van der Waals surface area contributed by atoms with Crippen molar-refractivity contribution in [2.75, 3.05) is 32.7 Å². The van der Waals surface area contributed by atoms with E-state index >= 15 is 0 Å². The zero-order valence-corrected chi connectivity index (χ0v) is 30.1. The molecule has 0 unspecified atom stereocenters. The molecule has 1 N–H and O–H groups in total. The highest BCUT2D eigenvalue weighted by molar-refractivity contribution is 9.10. The van der Waals surface area contributed by atoms with Gasteiger partial charge in [-0.3, -0.25) is 14.6 Å². The van der Waals surface area contributed by atoms with Gasteiger partial charge in [-0.05, 0) is 127 Å². The first-order valence-corrected chi connectivity index (χ1v) is 18.9. The van der Waals surface area contributed by atoms with E-state index in [2.05, 4.69) is 61.5 Å². The van der Waals surface area contributed by atoms with Crippen molar-refractivity contribution in [3.05, 3.63) is 124 Å². The molecular weight excluding hydrogens is 672 g/mol. The Morgan fingerprint density at radius 2 is 1.45 bits per heavy atom. The van der Waals surface area contributed by atoms with E-state index in [4.69, 9.17) is 0 Å². The molecule has 0 aliphatic carbocycles. The van der Waals surface area contributed by atoms with Gasteiger partial charge < -0.3 is 15.1 Å². The van der Waals surface area contributed by atoms with E-state index in [-0.39, 0.29) is 11.8 Å². The van der Waals surface area contributed by atoms with Crippen molar-refractivity contribution in [2.24, 2.45) is 11.8 Å². The Morgan fingerprint density at radius 1 is 0.776 bits per heavy atom. The van der Waals surface area contributed by atoms with E-state index in [0.29, 0.717) is 19.5 Å². The Morgan fingerprint density at radius 3 is 2.20 bits per heavy atom. The summed E-state index contributed by atoms with van der Waals surface area (Å²) in [5.41, 5.74) is 6.02. The predicted molar refractivity (Wildman–Crippen MR) is 201 cm³/mol. The molecule has 7 heteroatoms. The number of amides is 2. The molecule has 0 radical (unpaired) electrons. The van der Waals surface area contributed by atoms with Crippen molar-refractivity contribution in [3.63, 3.8) is 0 Å². The standard InChI is InChI=1S/C42H49BrN4O2/c43-40-12-3-7-35(28-40)29-41(48)47(26-19-34-15-22-45-23-16-34)31-36-8-2-9-37(27-36)38-10-4-11-39(30-38)42(49)46-24-17-33(18-25-46)6-1-5-32-13-20-44-21-14-32/h2-4,7-12,15-16,22-23,27-28,30,32-33,44H,1,5-6,13-14,17-21,24-26,29,31H2. The van der Waals surface area contributed by atoms with Crippen LogP contribution in [0, 0.1) is 11.8 Å². The van der Waals surface area contributed by atoms with Gasteiger partial charge in [-0.1, -0.05) is 77.7 Å². The van der Waals surface area contributed by atoms with Gasteiger partial charge in [0.1, 0.15) is 0 Å². The molecule has 6 nitrogen and oxygen atoms in total. The largest absolute Gasteiger partial charge is 0.339 e. The molecule has 2 aliphatic heterocycles. The van der Waals surface area contributed by atoms with Gasteiger partial charge in [-0.25, -0.2) is 0 Å². The van der Waals surface area contributed by atoms with E-state index in [1.54, 1.807) is 12.4 Å². The van der Waals surface area contributed by atoms with E-state index in [0.717, 1.165) is 82.0 Å². The predicted octanol–water partition coefficient (Wildman–Crippen LogP) is 8.35. The molecule has 256 valence electrons. The average molecular weight is 722 g/mol. The highest BCUT2D eigenvalue weighted by Gasteiger charge is 2.24. The van der Waals surface area contributed by atoms with Crippen molar-refractivity contribution < 1.29 is 9.59 Å². The molecule has 0 atom stereocenters. The van der Waals surface area contributed by atoms with Gasteiger partial charge in [0.05, 0.1) is 6.42 Å². The summed E-state index contributed by atoms with van der Waals surface area (Å²) in [5, 5.41) is 3.47. The van der Waals surface area contributed by atoms with E-state index in [9.17, 15) is 9.59 Å². The summed E-state index contributed by atoms with van der Waals surface area (Å²) in [6.07, 6.45) is 13.6. The fourth-order valence-corrected chi connectivity index (χ4v) is 7.86. The van der Waals surface area contributed by atoms with Crippen LogP contribution in [0.2, 0.25) is 0 Å². The zero-order valence-electron chi connectivity index (χ0n) is 28.5. The molecule has 1 aromatic heterocycles. The number of nitrogens with zero attached hydrogens (tertiary/aromatic N) is 3. The first-order chi connectivity index (χ1) is 24.0. The summed E-state index contributed by atoms with van der Waals surface area (Å²) in [4.78, 5) is 35.4. The van der Waals surface area contributed by atoms with Crippen LogP contribution >= 0.6 is 15.9 Å². The number of hydrogen-bond donors (Lipinski definition) is 1. The first-order valence-electron chi connectivity index (χ1n) is 18.1. The highest BCUT2D eigenvalue weighted by Crippen LogP contribution is 2.28. The minimum absolute atomic E-state index is 0.0932. The number of carbonyl (C=O) groups excluding carboxylic acids is 2. The lowest BCUT2D eigenvalue weighted by molar-refractivity contribution is -0.131. The molecule has 0 saturated carbocycles. The number of likely N-dealkylation sites (tertiary alicyclic amines) is 1. The molecule has 3 aromatic carbocycles. The number of hydrogen-bond acceptors (Lipinski definition) is 4. The summed E-state index contributed by atoms with van der Waals surface area (Å²) in [6.45, 7) is 5.17. The smallest absolute Gasteiger partial charge is 0.253 e. The Hall–Kier alpha value is -3.81. The molecule has 2 amide bonds. The Labute approximate surface area is 300 Å². The summed E-state index contributed by atoms with van der Waals surface area (Å²) < 4.78 is 0.970. The number of piperidine rings is 2. The van der Waals surface area contributed by atoms with Crippen LogP contribution < -0.4 is 5.32 Å². The zero-order chi connectivity index (χ0) is 33.8. The quantitative estimate of drug-likeness (QED) is 0.151. The van der Waals surface area contributed by atoms with Crippen molar-refractivity contribution in [3.8, 4) is 11.1 Å². The van der Waals surface area contributed by atoms with Crippen LogP contribution in [0.25, 0.3) is 11.1 Å². The van der Waals surface area contributed by atoms with Crippen LogP contribution in [0.4, 0.5) is 0 Å². The number of benzene rings is 3. The summed E-state index contributed by atoms with van der Waals surface area (Å²) in [7, 11) is 0. The first kappa shape index (κ1) is 35.0. The molecule has 3 heterocycles. The molecule has 0 bridgehead atoms. The lowest BCUT2D eigenvalue weighted by atomic mass is 9.87. The molecule has 6 rings (SSSR count). The van der Waals surface area contributed by atoms with Gasteiger partial charge in [-0.2, -0.15) is 0 Å². The van der Waals surface area contributed by atoms with E-state index < -0.39 is 0 Å².